The summed E-state index contributed by atoms with van der Waals surface area (Å²) >= 11 is 0. The van der Waals surface area contributed by atoms with E-state index in [-0.39, 0.29) is 29.3 Å². The van der Waals surface area contributed by atoms with Gasteiger partial charge >= 0.3 is 0 Å². The Bertz CT molecular complexity index is 1220. The molecule has 0 spiro atoms. The van der Waals surface area contributed by atoms with E-state index in [0.717, 1.165) is 36.6 Å². The molecule has 1 aromatic heterocycles. The SMILES string of the molecule is O=C(NCc1cc(F)ccc1F)c1cn(Cc2ccccc2)cc(C(=O)NC2CC2)c1=O. The Morgan fingerprint density at radius 3 is 2.34 bits per heavy atom. The molecule has 2 N–H and O–H groups in total. The number of nitrogens with zero attached hydrogens (tertiary/aromatic N) is 1. The quantitative estimate of drug-likeness (QED) is 0.596. The van der Waals surface area contributed by atoms with Crippen LogP contribution in [-0.4, -0.2) is 22.4 Å². The molecule has 1 aliphatic carbocycles. The van der Waals surface area contributed by atoms with Gasteiger partial charge in [-0.05, 0) is 36.6 Å². The fourth-order valence-electron chi connectivity index (χ4n) is 3.28. The van der Waals surface area contributed by atoms with Crippen molar-refractivity contribution in [2.45, 2.75) is 32.0 Å². The van der Waals surface area contributed by atoms with E-state index in [4.69, 9.17) is 0 Å². The molecular weight excluding hydrogens is 416 g/mol. The van der Waals surface area contributed by atoms with Crippen molar-refractivity contribution in [2.75, 3.05) is 0 Å². The van der Waals surface area contributed by atoms with Gasteiger partial charge in [-0.1, -0.05) is 30.3 Å². The van der Waals surface area contributed by atoms with Gasteiger partial charge in [0.05, 0.1) is 0 Å². The molecule has 0 radical (unpaired) electrons. The summed E-state index contributed by atoms with van der Waals surface area (Å²) in [6.45, 7) is 0.0304. The summed E-state index contributed by atoms with van der Waals surface area (Å²) in [4.78, 5) is 38.3. The molecule has 0 bridgehead atoms. The molecule has 0 aliphatic heterocycles. The molecule has 0 unspecified atom stereocenters. The number of hydrogen-bond acceptors (Lipinski definition) is 3. The van der Waals surface area contributed by atoms with E-state index in [2.05, 4.69) is 10.6 Å². The highest BCUT2D eigenvalue weighted by Crippen LogP contribution is 2.19. The van der Waals surface area contributed by atoms with Crippen LogP contribution in [0, 0.1) is 11.6 Å². The molecule has 2 aromatic carbocycles. The number of aromatic nitrogens is 1. The Morgan fingerprint density at radius 2 is 1.66 bits per heavy atom. The summed E-state index contributed by atoms with van der Waals surface area (Å²) < 4.78 is 28.9. The lowest BCUT2D eigenvalue weighted by molar-refractivity contribution is 0.0947. The number of halogens is 2. The Morgan fingerprint density at radius 1 is 0.969 bits per heavy atom. The summed E-state index contributed by atoms with van der Waals surface area (Å²) in [6, 6.07) is 12.3. The molecule has 4 rings (SSSR count). The number of nitrogens with one attached hydrogen (secondary N) is 2. The number of benzene rings is 2. The van der Waals surface area contributed by atoms with Gasteiger partial charge < -0.3 is 15.2 Å². The van der Waals surface area contributed by atoms with E-state index in [1.54, 1.807) is 4.57 Å². The largest absolute Gasteiger partial charge is 0.349 e. The van der Waals surface area contributed by atoms with Crippen LogP contribution in [0.5, 0.6) is 0 Å². The maximum atomic E-state index is 13.9. The molecule has 2 amide bonds. The van der Waals surface area contributed by atoms with Gasteiger partial charge in [-0.2, -0.15) is 0 Å². The zero-order valence-electron chi connectivity index (χ0n) is 17.1. The third kappa shape index (κ3) is 5.08. The second kappa shape index (κ2) is 9.13. The Hall–Kier alpha value is -3.81. The third-order valence-electron chi connectivity index (χ3n) is 5.14. The van der Waals surface area contributed by atoms with Gasteiger partial charge in [0, 0.05) is 37.1 Å². The van der Waals surface area contributed by atoms with Crippen molar-refractivity contribution in [3.63, 3.8) is 0 Å². The maximum Gasteiger partial charge on any atom is 0.257 e. The van der Waals surface area contributed by atoms with Crippen molar-refractivity contribution in [1.82, 2.24) is 15.2 Å². The van der Waals surface area contributed by atoms with Gasteiger partial charge in [0.1, 0.15) is 22.8 Å². The number of carbonyl (C=O) groups is 2. The molecule has 8 heteroatoms. The van der Waals surface area contributed by atoms with Gasteiger partial charge in [0.2, 0.25) is 5.43 Å². The average Bonchev–Trinajstić information content (AvgIpc) is 3.60. The zero-order chi connectivity index (χ0) is 22.7. The van der Waals surface area contributed by atoms with Crippen molar-refractivity contribution in [3.8, 4) is 0 Å². The number of amides is 2. The molecule has 1 heterocycles. The highest BCUT2D eigenvalue weighted by molar-refractivity contribution is 5.99. The van der Waals surface area contributed by atoms with Crippen molar-refractivity contribution in [1.29, 1.82) is 0 Å². The van der Waals surface area contributed by atoms with Crippen molar-refractivity contribution in [3.05, 3.63) is 105 Å². The molecule has 3 aromatic rings. The molecule has 6 nitrogen and oxygen atoms in total. The summed E-state index contributed by atoms with van der Waals surface area (Å²) in [5.74, 6) is -2.63. The first-order valence-corrected chi connectivity index (χ1v) is 10.2. The first-order chi connectivity index (χ1) is 15.4. The Labute approximate surface area is 182 Å². The van der Waals surface area contributed by atoms with Crippen molar-refractivity contribution in [2.24, 2.45) is 0 Å². The first kappa shape index (κ1) is 21.4. The normalized spacial score (nSPS) is 12.9. The van der Waals surface area contributed by atoms with Gasteiger partial charge in [-0.15, -0.1) is 0 Å². The molecule has 0 saturated heterocycles. The minimum Gasteiger partial charge on any atom is -0.349 e. The number of pyridine rings is 1. The van der Waals surface area contributed by atoms with E-state index in [9.17, 15) is 23.2 Å². The summed E-state index contributed by atoms with van der Waals surface area (Å²) in [5, 5.41) is 5.21. The predicted molar refractivity (Wildman–Crippen MR) is 114 cm³/mol. The van der Waals surface area contributed by atoms with E-state index < -0.39 is 28.9 Å². The lowest BCUT2D eigenvalue weighted by atomic mass is 10.1. The second-order valence-corrected chi connectivity index (χ2v) is 7.74. The number of hydrogen-bond donors (Lipinski definition) is 2. The Balaban J connectivity index is 1.63. The Kier molecular flexibility index (Phi) is 6.11. The van der Waals surface area contributed by atoms with Gasteiger partial charge in [0.25, 0.3) is 11.8 Å². The maximum absolute atomic E-state index is 13.9. The van der Waals surface area contributed by atoms with Crippen LogP contribution >= 0.6 is 0 Å². The van der Waals surface area contributed by atoms with Crippen LogP contribution in [-0.2, 0) is 13.1 Å². The molecule has 1 saturated carbocycles. The smallest absolute Gasteiger partial charge is 0.257 e. The summed E-state index contributed by atoms with van der Waals surface area (Å²) in [5.41, 5.74) is -0.244. The molecule has 164 valence electrons. The number of carbonyl (C=O) groups excluding carboxylic acids is 2. The fraction of sp³-hybridized carbons (Fsp3) is 0.208. The summed E-state index contributed by atoms with van der Waals surface area (Å²) in [7, 11) is 0. The van der Waals surface area contributed by atoms with Crippen LogP contribution in [0.4, 0.5) is 8.78 Å². The summed E-state index contributed by atoms with van der Waals surface area (Å²) in [6.07, 6.45) is 4.49. The monoisotopic (exact) mass is 437 g/mol. The van der Waals surface area contributed by atoms with Crippen LogP contribution < -0.4 is 16.1 Å². The van der Waals surface area contributed by atoms with E-state index in [0.29, 0.717) is 6.54 Å². The molecule has 1 fully saturated rings. The molecule has 32 heavy (non-hydrogen) atoms. The lowest BCUT2D eigenvalue weighted by Gasteiger charge is -2.13. The zero-order valence-corrected chi connectivity index (χ0v) is 17.1. The lowest BCUT2D eigenvalue weighted by Crippen LogP contribution is -2.36. The topological polar surface area (TPSA) is 80.2 Å². The van der Waals surface area contributed by atoms with Crippen molar-refractivity contribution >= 4 is 11.8 Å². The second-order valence-electron chi connectivity index (χ2n) is 7.74. The van der Waals surface area contributed by atoms with Gasteiger partial charge in [0.15, 0.2) is 0 Å². The van der Waals surface area contributed by atoms with Crippen LogP contribution in [0.15, 0.2) is 65.7 Å². The van der Waals surface area contributed by atoms with Crippen molar-refractivity contribution < 1.29 is 18.4 Å². The van der Waals surface area contributed by atoms with E-state index >= 15 is 0 Å². The van der Waals surface area contributed by atoms with Crippen LogP contribution in [0.25, 0.3) is 0 Å². The van der Waals surface area contributed by atoms with E-state index in [1.165, 1.54) is 12.4 Å². The van der Waals surface area contributed by atoms with Crippen LogP contribution in [0.3, 0.4) is 0 Å². The average molecular weight is 437 g/mol. The molecular formula is C24H21F2N3O3. The fourth-order valence-corrected chi connectivity index (χ4v) is 3.28. The first-order valence-electron chi connectivity index (χ1n) is 10.2. The minimum absolute atomic E-state index is 0.0397. The van der Waals surface area contributed by atoms with E-state index in [1.807, 2.05) is 30.3 Å². The van der Waals surface area contributed by atoms with Crippen LogP contribution in [0.1, 0.15) is 44.7 Å². The molecule has 1 aliphatic rings. The highest BCUT2D eigenvalue weighted by Gasteiger charge is 2.26. The molecule has 0 atom stereocenters. The van der Waals surface area contributed by atoms with Gasteiger partial charge in [-0.25, -0.2) is 8.78 Å². The predicted octanol–water partition coefficient (Wildman–Crippen LogP) is 3.00. The standard InChI is InChI=1S/C24H21F2N3O3/c25-17-6-9-21(26)16(10-17)11-27-23(31)19-13-29(12-15-4-2-1-3-5-15)14-20(22(19)30)24(32)28-18-7-8-18/h1-6,9-10,13-14,18H,7-8,11-12H2,(H,27,31)(H,28,32). The third-order valence-corrected chi connectivity index (χ3v) is 5.14. The van der Waals surface area contributed by atoms with Crippen LogP contribution in [0.2, 0.25) is 0 Å². The minimum atomic E-state index is -0.776. The number of rotatable bonds is 7. The van der Waals surface area contributed by atoms with Gasteiger partial charge in [-0.3, -0.25) is 14.4 Å². The highest BCUT2D eigenvalue weighted by atomic mass is 19.1.